The molecular weight excluding hydrogens is 484 g/mol. The molecule has 38 heavy (non-hydrogen) atoms. The lowest BCUT2D eigenvalue weighted by atomic mass is 9.95. The summed E-state index contributed by atoms with van der Waals surface area (Å²) in [6, 6.07) is 7.18. The summed E-state index contributed by atoms with van der Waals surface area (Å²) in [5.41, 5.74) is 4.42. The molecular formula is C29H40N4O5. The summed E-state index contributed by atoms with van der Waals surface area (Å²) < 4.78 is 5.50. The van der Waals surface area contributed by atoms with Crippen LogP contribution in [0.5, 0.6) is 0 Å². The predicted molar refractivity (Wildman–Crippen MR) is 145 cm³/mol. The molecule has 2 aliphatic rings. The predicted octanol–water partition coefficient (Wildman–Crippen LogP) is 3.75. The minimum atomic E-state index is -0.734. The van der Waals surface area contributed by atoms with E-state index in [1.165, 1.54) is 0 Å². The van der Waals surface area contributed by atoms with E-state index in [0.717, 1.165) is 61.4 Å². The van der Waals surface area contributed by atoms with Crippen molar-refractivity contribution in [1.29, 1.82) is 0 Å². The van der Waals surface area contributed by atoms with Crippen molar-refractivity contribution in [3.05, 3.63) is 48.2 Å². The lowest BCUT2D eigenvalue weighted by molar-refractivity contribution is -0.200. The van der Waals surface area contributed by atoms with E-state index in [2.05, 4.69) is 27.9 Å². The second-order valence-corrected chi connectivity index (χ2v) is 10.3. The fraction of sp³-hybridized carbons (Fsp3) is 0.552. The van der Waals surface area contributed by atoms with Crippen molar-refractivity contribution in [3.8, 4) is 0 Å². The Morgan fingerprint density at radius 1 is 1.11 bits per heavy atom. The Hall–Kier alpha value is -3.17. The fourth-order valence-electron chi connectivity index (χ4n) is 5.08. The van der Waals surface area contributed by atoms with Crippen LogP contribution in [0, 0.1) is 5.92 Å². The molecule has 0 saturated carbocycles. The second-order valence-electron chi connectivity index (χ2n) is 10.3. The van der Waals surface area contributed by atoms with Gasteiger partial charge in [-0.1, -0.05) is 30.4 Å². The first-order valence-corrected chi connectivity index (χ1v) is 13.8. The van der Waals surface area contributed by atoms with Gasteiger partial charge in [0, 0.05) is 62.5 Å². The van der Waals surface area contributed by atoms with Crippen molar-refractivity contribution < 1.29 is 24.0 Å². The van der Waals surface area contributed by atoms with Gasteiger partial charge in [0.1, 0.15) is 6.04 Å². The first kappa shape index (κ1) is 27.9. The standard InChI is InChI=1S/C29H40N4O5/c1-33-16-10-5-3-2-4-6-12-21(19-26(34)32-38-27-15-9-11-17-37-27)28(35)31-25(29(33)36)18-22-20-30-24-14-8-7-13-23(22)24/h2-3,7-8,13-14,20-21,25,27,30H,4-6,9-12,15-19H2,1H3,(H,31,35)(H,32,34)/b3-2+/t21-,25+,27?/m1/s1. The summed E-state index contributed by atoms with van der Waals surface area (Å²) in [6.07, 6.45) is 12.6. The Balaban J connectivity index is 1.48. The van der Waals surface area contributed by atoms with E-state index in [-0.39, 0.29) is 24.1 Å². The number of ether oxygens (including phenoxy) is 1. The van der Waals surface area contributed by atoms with E-state index >= 15 is 0 Å². The maximum Gasteiger partial charge on any atom is 0.245 e. The number of aromatic nitrogens is 1. The van der Waals surface area contributed by atoms with Crippen molar-refractivity contribution in [2.24, 2.45) is 5.92 Å². The number of likely N-dealkylation sites (N-methyl/N-ethyl adjacent to an activating group) is 1. The summed E-state index contributed by atoms with van der Waals surface area (Å²) in [5, 5.41) is 4.03. The van der Waals surface area contributed by atoms with E-state index in [4.69, 9.17) is 9.57 Å². The van der Waals surface area contributed by atoms with Crippen molar-refractivity contribution in [3.63, 3.8) is 0 Å². The SMILES string of the molecule is CN1CCC/C=C/CCC[C@H](CC(=O)NOC2CCCCO2)C(=O)N[C@@H](Cc2c[nH]c3ccccc23)C1=O. The van der Waals surface area contributed by atoms with Gasteiger partial charge in [0.2, 0.25) is 17.7 Å². The molecule has 3 atom stereocenters. The molecule has 1 unspecified atom stereocenters. The van der Waals surface area contributed by atoms with Crippen LogP contribution in [0.4, 0.5) is 0 Å². The number of benzene rings is 1. The van der Waals surface area contributed by atoms with Gasteiger partial charge in [-0.2, -0.15) is 0 Å². The highest BCUT2D eigenvalue weighted by Gasteiger charge is 2.30. The number of fused-ring (bicyclic) bond motifs is 1. The van der Waals surface area contributed by atoms with E-state index in [0.29, 0.717) is 26.0 Å². The van der Waals surface area contributed by atoms with E-state index in [9.17, 15) is 14.4 Å². The third-order valence-corrected chi connectivity index (χ3v) is 7.29. The van der Waals surface area contributed by atoms with Gasteiger partial charge in [0.05, 0.1) is 0 Å². The molecule has 206 valence electrons. The largest absolute Gasteiger partial charge is 0.361 e. The minimum absolute atomic E-state index is 0.0217. The number of hydrogen-bond acceptors (Lipinski definition) is 5. The Bertz CT molecular complexity index is 1110. The monoisotopic (exact) mass is 524 g/mol. The number of nitrogens with one attached hydrogen (secondary N) is 3. The Morgan fingerprint density at radius 2 is 1.92 bits per heavy atom. The number of carbonyl (C=O) groups is 3. The molecule has 1 aromatic carbocycles. The zero-order valence-corrected chi connectivity index (χ0v) is 22.2. The first-order chi connectivity index (χ1) is 18.5. The molecule has 3 N–H and O–H groups in total. The number of allylic oxidation sites excluding steroid dienone is 2. The number of H-pyrrole nitrogens is 1. The average molecular weight is 525 g/mol. The number of amides is 3. The van der Waals surface area contributed by atoms with Crippen molar-refractivity contribution >= 4 is 28.6 Å². The van der Waals surface area contributed by atoms with Crippen LogP contribution in [-0.2, 0) is 30.4 Å². The first-order valence-electron chi connectivity index (χ1n) is 13.8. The highest BCUT2D eigenvalue weighted by molar-refractivity contribution is 5.91. The molecule has 0 bridgehead atoms. The molecule has 1 aromatic heterocycles. The van der Waals surface area contributed by atoms with Gasteiger partial charge in [0.15, 0.2) is 6.29 Å². The van der Waals surface area contributed by atoms with Crippen LogP contribution < -0.4 is 10.8 Å². The zero-order valence-electron chi connectivity index (χ0n) is 22.2. The summed E-state index contributed by atoms with van der Waals surface area (Å²) in [7, 11) is 1.78. The van der Waals surface area contributed by atoms with E-state index in [1.807, 2.05) is 30.5 Å². The Labute approximate surface area is 224 Å². The molecule has 1 fully saturated rings. The Kier molecular flexibility index (Phi) is 10.3. The molecule has 4 rings (SSSR count). The van der Waals surface area contributed by atoms with Gasteiger partial charge in [0.25, 0.3) is 0 Å². The van der Waals surface area contributed by atoms with Gasteiger partial charge in [-0.15, -0.1) is 0 Å². The third kappa shape index (κ3) is 7.91. The number of aromatic amines is 1. The molecule has 9 nitrogen and oxygen atoms in total. The van der Waals surface area contributed by atoms with E-state index in [1.54, 1.807) is 11.9 Å². The third-order valence-electron chi connectivity index (χ3n) is 7.29. The maximum absolute atomic E-state index is 13.5. The van der Waals surface area contributed by atoms with E-state index < -0.39 is 18.2 Å². The Morgan fingerprint density at radius 3 is 2.74 bits per heavy atom. The van der Waals surface area contributed by atoms with Gasteiger partial charge in [-0.05, 0) is 56.6 Å². The number of hydrogen-bond donors (Lipinski definition) is 3. The van der Waals surface area contributed by atoms with Crippen LogP contribution in [0.2, 0.25) is 0 Å². The van der Waals surface area contributed by atoms with Gasteiger partial charge in [-0.25, -0.2) is 10.3 Å². The molecule has 0 spiro atoms. The molecule has 2 aliphatic heterocycles. The fourth-order valence-corrected chi connectivity index (χ4v) is 5.08. The highest BCUT2D eigenvalue weighted by Crippen LogP contribution is 2.21. The zero-order chi connectivity index (χ0) is 26.7. The van der Waals surface area contributed by atoms with Crippen LogP contribution in [0.25, 0.3) is 10.9 Å². The molecule has 2 aromatic rings. The highest BCUT2D eigenvalue weighted by atomic mass is 16.8. The summed E-state index contributed by atoms with van der Waals surface area (Å²) >= 11 is 0. The minimum Gasteiger partial charge on any atom is -0.361 e. The number of rotatable bonds is 6. The van der Waals surface area contributed by atoms with Crippen LogP contribution in [0.1, 0.15) is 63.4 Å². The smallest absolute Gasteiger partial charge is 0.245 e. The number of carbonyl (C=O) groups excluding carboxylic acids is 3. The van der Waals surface area contributed by atoms with Crippen LogP contribution >= 0.6 is 0 Å². The maximum atomic E-state index is 13.5. The van der Waals surface area contributed by atoms with Crippen molar-refractivity contribution in [2.75, 3.05) is 20.2 Å². The quantitative estimate of drug-likeness (QED) is 0.394. The van der Waals surface area contributed by atoms with Crippen LogP contribution in [-0.4, -0.2) is 60.1 Å². The number of nitrogens with zero attached hydrogens (tertiary/aromatic N) is 1. The van der Waals surface area contributed by atoms with Gasteiger partial charge in [-0.3, -0.25) is 14.4 Å². The van der Waals surface area contributed by atoms with Gasteiger partial charge >= 0.3 is 0 Å². The summed E-state index contributed by atoms with van der Waals surface area (Å²) in [5.74, 6) is -1.37. The molecule has 1 saturated heterocycles. The normalized spacial score (nSPS) is 25.0. The number of hydroxylamine groups is 1. The average Bonchev–Trinajstić information content (AvgIpc) is 3.34. The van der Waals surface area contributed by atoms with Crippen LogP contribution in [0.15, 0.2) is 42.6 Å². The second kappa shape index (κ2) is 14.1. The molecule has 9 heteroatoms. The van der Waals surface area contributed by atoms with Crippen molar-refractivity contribution in [1.82, 2.24) is 20.7 Å². The van der Waals surface area contributed by atoms with Crippen LogP contribution in [0.3, 0.4) is 0 Å². The number of para-hydroxylation sites is 1. The molecule has 3 heterocycles. The molecule has 0 radical (unpaired) electrons. The summed E-state index contributed by atoms with van der Waals surface area (Å²) in [4.78, 5) is 50.1. The molecule has 3 amide bonds. The van der Waals surface area contributed by atoms with Crippen molar-refractivity contribution in [2.45, 2.75) is 76.5 Å². The lowest BCUT2D eigenvalue weighted by Gasteiger charge is -2.27. The topological polar surface area (TPSA) is 113 Å². The summed E-state index contributed by atoms with van der Waals surface area (Å²) in [6.45, 7) is 1.22. The van der Waals surface area contributed by atoms with Gasteiger partial charge < -0.3 is 19.9 Å². The lowest BCUT2D eigenvalue weighted by Crippen LogP contribution is -2.50. The molecule has 0 aliphatic carbocycles.